The number of benzene rings is 4. The average Bonchev–Trinajstić information content (AvgIpc) is 3.30. The molecule has 0 bridgehead atoms. The number of ether oxygens (including phenoxy) is 1. The fourth-order valence-electron chi connectivity index (χ4n) is 5.76. The second-order valence-corrected chi connectivity index (χ2v) is 11.1. The Bertz CT molecular complexity index is 1550. The number of aryl methyl sites for hydroxylation is 1. The number of amidine groups is 1. The molecule has 0 unspecified atom stereocenters. The fourth-order valence-corrected chi connectivity index (χ4v) is 5.76. The highest BCUT2D eigenvalue weighted by molar-refractivity contribution is 5.95. The first-order chi connectivity index (χ1) is 20.9. The molecule has 1 fully saturated rings. The Hall–Kier alpha value is -4.91. The maximum absolute atomic E-state index is 13.2. The molecule has 7 nitrogen and oxygen atoms in total. The van der Waals surface area contributed by atoms with E-state index in [0.29, 0.717) is 30.9 Å². The number of amides is 1. The zero-order valence-electron chi connectivity index (χ0n) is 24.1. The number of aliphatic carboxylic acids is 1. The quantitative estimate of drug-likeness (QED) is 0.135. The van der Waals surface area contributed by atoms with E-state index in [2.05, 4.69) is 48.5 Å². The fraction of sp³-hybridized carbons (Fsp3) is 0.250. The maximum Gasteiger partial charge on any atom is 0.304 e. The standard InChI is InChI=1S/C36H37N3O4/c37-35(38)30-13-11-28(12-14-30)29-15-17-33(18-16-29)43-24-32-22-31(23-34(40)41)36(42)39(32)19-5-10-26-8-4-9-27(21-26)20-25-6-2-1-3-7-25/h1-4,6-9,11-18,21,31-32H,5,10,19-20,22-24H2,(H3,37,38)(H,40,41)/t31-,32-/m0/s1. The van der Waals surface area contributed by atoms with E-state index in [1.165, 1.54) is 16.7 Å². The number of carboxylic acid groups (broad SMARTS) is 1. The van der Waals surface area contributed by atoms with Crippen LogP contribution in [0.4, 0.5) is 0 Å². The van der Waals surface area contributed by atoms with Crippen LogP contribution in [0, 0.1) is 11.3 Å². The minimum Gasteiger partial charge on any atom is -0.491 e. The molecule has 2 atom stereocenters. The lowest BCUT2D eigenvalue weighted by Gasteiger charge is -2.25. The first kappa shape index (κ1) is 29.6. The van der Waals surface area contributed by atoms with Gasteiger partial charge in [0.05, 0.1) is 18.4 Å². The smallest absolute Gasteiger partial charge is 0.304 e. The SMILES string of the molecule is N=C(N)c1ccc(-c2ccc(OC[C@@H]3C[C@@H](CC(=O)O)C(=O)N3CCCc3cccc(Cc4ccccc4)c3)cc2)cc1. The molecule has 4 aromatic rings. The van der Waals surface area contributed by atoms with Crippen molar-refractivity contribution in [1.29, 1.82) is 5.41 Å². The summed E-state index contributed by atoms with van der Waals surface area (Å²) in [5.41, 5.74) is 12.0. The Morgan fingerprint density at radius 2 is 1.53 bits per heavy atom. The highest BCUT2D eigenvalue weighted by Crippen LogP contribution is 2.29. The van der Waals surface area contributed by atoms with Crippen molar-refractivity contribution in [1.82, 2.24) is 4.90 Å². The summed E-state index contributed by atoms with van der Waals surface area (Å²) in [4.78, 5) is 26.5. The van der Waals surface area contributed by atoms with E-state index in [1.54, 1.807) is 0 Å². The number of rotatable bonds is 13. The predicted molar refractivity (Wildman–Crippen MR) is 168 cm³/mol. The molecule has 1 heterocycles. The summed E-state index contributed by atoms with van der Waals surface area (Å²) in [6.45, 7) is 0.863. The van der Waals surface area contributed by atoms with Gasteiger partial charge in [-0.05, 0) is 65.6 Å². The lowest BCUT2D eigenvalue weighted by atomic mass is 10.0. The summed E-state index contributed by atoms with van der Waals surface area (Å²) in [5, 5.41) is 16.9. The summed E-state index contributed by atoms with van der Waals surface area (Å²) in [5.74, 6) is -0.859. The Morgan fingerprint density at radius 3 is 2.21 bits per heavy atom. The van der Waals surface area contributed by atoms with Gasteiger partial charge in [-0.2, -0.15) is 0 Å². The third-order valence-electron chi connectivity index (χ3n) is 7.98. The molecular formula is C36H37N3O4. The lowest BCUT2D eigenvalue weighted by Crippen LogP contribution is -2.38. The molecule has 0 saturated carbocycles. The summed E-state index contributed by atoms with van der Waals surface area (Å²) in [6, 6.07) is 34.0. The van der Waals surface area contributed by atoms with E-state index in [1.807, 2.05) is 59.5 Å². The van der Waals surface area contributed by atoms with E-state index in [0.717, 1.165) is 30.4 Å². The van der Waals surface area contributed by atoms with Crippen LogP contribution in [0.15, 0.2) is 103 Å². The van der Waals surface area contributed by atoms with Crippen LogP contribution >= 0.6 is 0 Å². The van der Waals surface area contributed by atoms with Crippen molar-refractivity contribution in [2.24, 2.45) is 11.7 Å². The molecule has 5 rings (SSSR count). The minimum absolute atomic E-state index is 0.0355. The van der Waals surface area contributed by atoms with E-state index in [4.69, 9.17) is 15.9 Å². The zero-order valence-corrected chi connectivity index (χ0v) is 24.1. The van der Waals surface area contributed by atoms with Crippen molar-refractivity contribution < 1.29 is 19.4 Å². The van der Waals surface area contributed by atoms with Crippen LogP contribution in [0.1, 0.15) is 41.5 Å². The number of likely N-dealkylation sites (tertiary alicyclic amines) is 1. The molecule has 0 aromatic heterocycles. The van der Waals surface area contributed by atoms with Gasteiger partial charge in [0.1, 0.15) is 18.2 Å². The van der Waals surface area contributed by atoms with Gasteiger partial charge in [-0.3, -0.25) is 15.0 Å². The van der Waals surface area contributed by atoms with Gasteiger partial charge in [0, 0.05) is 12.1 Å². The molecule has 1 aliphatic rings. The van der Waals surface area contributed by atoms with Crippen molar-refractivity contribution in [3.05, 3.63) is 125 Å². The first-order valence-electron chi connectivity index (χ1n) is 14.7. The van der Waals surface area contributed by atoms with Gasteiger partial charge >= 0.3 is 5.97 Å². The van der Waals surface area contributed by atoms with Gasteiger partial charge in [-0.1, -0.05) is 91.0 Å². The van der Waals surface area contributed by atoms with Crippen molar-refractivity contribution >= 4 is 17.7 Å². The van der Waals surface area contributed by atoms with E-state index >= 15 is 0 Å². The molecule has 1 amide bonds. The summed E-state index contributed by atoms with van der Waals surface area (Å²) >= 11 is 0. The summed E-state index contributed by atoms with van der Waals surface area (Å²) in [7, 11) is 0. The summed E-state index contributed by atoms with van der Waals surface area (Å²) in [6.07, 6.45) is 2.80. The predicted octanol–water partition coefficient (Wildman–Crippen LogP) is 5.93. The minimum atomic E-state index is -0.956. The Labute approximate surface area is 252 Å². The number of hydrogen-bond acceptors (Lipinski definition) is 4. The van der Waals surface area contributed by atoms with Crippen molar-refractivity contribution in [2.45, 2.75) is 38.1 Å². The number of nitrogens with zero attached hydrogens (tertiary/aromatic N) is 1. The normalized spacial score (nSPS) is 16.3. The van der Waals surface area contributed by atoms with Gasteiger partial charge in [0.25, 0.3) is 0 Å². The highest BCUT2D eigenvalue weighted by Gasteiger charge is 2.40. The highest BCUT2D eigenvalue weighted by atomic mass is 16.5. The van der Waals surface area contributed by atoms with Crippen LogP contribution in [0.25, 0.3) is 11.1 Å². The molecule has 43 heavy (non-hydrogen) atoms. The van der Waals surface area contributed by atoms with E-state index < -0.39 is 11.9 Å². The molecule has 4 aromatic carbocycles. The number of carbonyl (C=O) groups excluding carboxylic acids is 1. The number of nitrogen functional groups attached to an aromatic ring is 1. The monoisotopic (exact) mass is 575 g/mol. The number of carboxylic acids is 1. The van der Waals surface area contributed by atoms with Crippen LogP contribution in [0.3, 0.4) is 0 Å². The number of nitrogens with two attached hydrogens (primary N) is 1. The molecule has 1 aliphatic heterocycles. The third kappa shape index (κ3) is 7.89. The van der Waals surface area contributed by atoms with Crippen molar-refractivity contribution in [3.8, 4) is 16.9 Å². The molecule has 4 N–H and O–H groups in total. The average molecular weight is 576 g/mol. The topological polar surface area (TPSA) is 117 Å². The van der Waals surface area contributed by atoms with Gasteiger partial charge in [0.2, 0.25) is 5.91 Å². The van der Waals surface area contributed by atoms with Gasteiger partial charge in [-0.25, -0.2) is 0 Å². The molecule has 0 radical (unpaired) electrons. The Morgan fingerprint density at radius 1 is 0.884 bits per heavy atom. The first-order valence-corrected chi connectivity index (χ1v) is 14.7. The molecule has 0 aliphatic carbocycles. The van der Waals surface area contributed by atoms with Crippen LogP contribution in [0.2, 0.25) is 0 Å². The van der Waals surface area contributed by atoms with Crippen LogP contribution in [-0.4, -0.2) is 46.9 Å². The van der Waals surface area contributed by atoms with Crippen LogP contribution in [-0.2, 0) is 22.4 Å². The van der Waals surface area contributed by atoms with Crippen LogP contribution < -0.4 is 10.5 Å². The van der Waals surface area contributed by atoms with Crippen LogP contribution in [0.5, 0.6) is 5.75 Å². The second kappa shape index (κ2) is 13.8. The molecule has 0 spiro atoms. The van der Waals surface area contributed by atoms with Gasteiger partial charge < -0.3 is 20.5 Å². The molecule has 220 valence electrons. The maximum atomic E-state index is 13.2. The van der Waals surface area contributed by atoms with E-state index in [-0.39, 0.29) is 24.2 Å². The number of hydrogen-bond donors (Lipinski definition) is 3. The van der Waals surface area contributed by atoms with Crippen molar-refractivity contribution in [3.63, 3.8) is 0 Å². The molecule has 7 heteroatoms. The molecular weight excluding hydrogens is 538 g/mol. The van der Waals surface area contributed by atoms with Gasteiger partial charge in [-0.15, -0.1) is 0 Å². The summed E-state index contributed by atoms with van der Waals surface area (Å²) < 4.78 is 6.11. The van der Waals surface area contributed by atoms with Gasteiger partial charge in [0.15, 0.2) is 0 Å². The Kier molecular flexibility index (Phi) is 9.52. The zero-order chi connectivity index (χ0) is 30.2. The largest absolute Gasteiger partial charge is 0.491 e. The van der Waals surface area contributed by atoms with E-state index in [9.17, 15) is 14.7 Å². The second-order valence-electron chi connectivity index (χ2n) is 11.1. The number of nitrogens with one attached hydrogen (secondary N) is 1. The van der Waals surface area contributed by atoms with Crippen molar-refractivity contribution in [2.75, 3.05) is 13.2 Å². The lowest BCUT2D eigenvalue weighted by molar-refractivity contribution is -0.142. The molecule has 1 saturated heterocycles. The Balaban J connectivity index is 1.19. The number of carbonyl (C=O) groups is 2. The third-order valence-corrected chi connectivity index (χ3v) is 7.98.